The van der Waals surface area contributed by atoms with E-state index in [4.69, 9.17) is 0 Å². The van der Waals surface area contributed by atoms with E-state index in [1.165, 1.54) is 23.2 Å². The molecule has 29 heavy (non-hydrogen) atoms. The van der Waals surface area contributed by atoms with Crippen LogP contribution in [0.3, 0.4) is 0 Å². The highest BCUT2D eigenvalue weighted by Crippen LogP contribution is 2.35. The fraction of sp³-hybridized carbons (Fsp3) is 0.333. The fourth-order valence-electron chi connectivity index (χ4n) is 4.14. The average molecular weight is 409 g/mol. The molecule has 0 amide bonds. The number of unbranched alkanes of at least 4 members (excludes halogenated alkanes) is 3. The number of hydrogen-bond acceptors (Lipinski definition) is 2. The predicted molar refractivity (Wildman–Crippen MR) is 120 cm³/mol. The van der Waals surface area contributed by atoms with Crippen LogP contribution in [0.1, 0.15) is 43.9 Å². The molecule has 5 heteroatoms. The van der Waals surface area contributed by atoms with Gasteiger partial charge >= 0.3 is 0 Å². The highest BCUT2D eigenvalue weighted by molar-refractivity contribution is 7.90. The average Bonchev–Trinajstić information content (AvgIpc) is 3.19. The van der Waals surface area contributed by atoms with Crippen molar-refractivity contribution in [2.24, 2.45) is 0 Å². The lowest BCUT2D eigenvalue weighted by Crippen LogP contribution is -2.12. The second-order valence-electron chi connectivity index (χ2n) is 7.83. The van der Waals surface area contributed by atoms with Crippen molar-refractivity contribution in [2.45, 2.75) is 57.9 Å². The molecule has 0 radical (unpaired) electrons. The Morgan fingerprint density at radius 1 is 0.862 bits per heavy atom. The van der Waals surface area contributed by atoms with Gasteiger partial charge in [0.2, 0.25) is 0 Å². The van der Waals surface area contributed by atoms with E-state index < -0.39 is 10.0 Å². The van der Waals surface area contributed by atoms with Crippen LogP contribution in [0.5, 0.6) is 0 Å². The molecule has 4 rings (SSSR count). The number of fused-ring (bicyclic) bond motifs is 3. The maximum absolute atomic E-state index is 13.6. The molecule has 152 valence electrons. The Balaban J connectivity index is 1.93. The Kier molecular flexibility index (Phi) is 5.26. The van der Waals surface area contributed by atoms with Crippen molar-refractivity contribution >= 4 is 32.0 Å². The molecule has 4 aromatic rings. The van der Waals surface area contributed by atoms with Crippen molar-refractivity contribution in [1.29, 1.82) is 0 Å². The summed E-state index contributed by atoms with van der Waals surface area (Å²) in [5.41, 5.74) is 4.66. The zero-order valence-corrected chi connectivity index (χ0v) is 18.2. The third-order valence-electron chi connectivity index (χ3n) is 5.68. The summed E-state index contributed by atoms with van der Waals surface area (Å²) in [6, 6.07) is 16.9. The molecule has 0 unspecified atom stereocenters. The van der Waals surface area contributed by atoms with E-state index in [2.05, 4.69) is 18.4 Å². The van der Waals surface area contributed by atoms with Crippen molar-refractivity contribution in [2.75, 3.05) is 0 Å². The van der Waals surface area contributed by atoms with Crippen LogP contribution in [-0.4, -0.2) is 17.0 Å². The molecule has 4 nitrogen and oxygen atoms in total. The van der Waals surface area contributed by atoms with Gasteiger partial charge < -0.3 is 4.57 Å². The van der Waals surface area contributed by atoms with E-state index in [9.17, 15) is 8.42 Å². The molecule has 0 saturated heterocycles. The molecule has 0 aliphatic rings. The predicted octanol–water partition coefficient (Wildman–Crippen LogP) is 6.03. The Hall–Kier alpha value is -2.53. The van der Waals surface area contributed by atoms with Gasteiger partial charge in [-0.1, -0.05) is 62.1 Å². The van der Waals surface area contributed by atoms with Crippen LogP contribution in [0.25, 0.3) is 21.9 Å². The van der Waals surface area contributed by atoms with Gasteiger partial charge in [-0.05, 0) is 44.5 Å². The maximum Gasteiger partial charge on any atom is 0.268 e. The number of benzene rings is 2. The monoisotopic (exact) mass is 408 g/mol. The quantitative estimate of drug-likeness (QED) is 0.350. The summed E-state index contributed by atoms with van der Waals surface area (Å²) in [6.45, 7) is 7.15. The topological polar surface area (TPSA) is 44.0 Å². The molecular weight excluding hydrogens is 380 g/mol. The molecule has 0 atom stereocenters. The molecule has 2 aromatic carbocycles. The number of aryl methyl sites for hydroxylation is 3. The first-order chi connectivity index (χ1) is 13.9. The lowest BCUT2D eigenvalue weighted by atomic mass is 10.2. The smallest absolute Gasteiger partial charge is 0.268 e. The molecule has 0 aliphatic carbocycles. The minimum absolute atomic E-state index is 0.319. The first-order valence-corrected chi connectivity index (χ1v) is 11.8. The molecule has 0 aliphatic heterocycles. The van der Waals surface area contributed by atoms with Crippen molar-refractivity contribution in [3.63, 3.8) is 0 Å². The van der Waals surface area contributed by atoms with Crippen LogP contribution < -0.4 is 0 Å². The summed E-state index contributed by atoms with van der Waals surface area (Å²) in [7, 11) is -3.69. The Morgan fingerprint density at radius 2 is 1.59 bits per heavy atom. The lowest BCUT2D eigenvalue weighted by Gasteiger charge is -2.09. The first kappa shape index (κ1) is 19.8. The van der Waals surface area contributed by atoms with Crippen LogP contribution in [-0.2, 0) is 16.6 Å². The standard InChI is InChI=1S/C24H28N2O2S/c1-4-5-6-9-16-25-19(3)17-23-24(25)21-10-7-8-11-22(21)26(23)29(27,28)20-14-12-18(2)13-15-20/h7-8,10-15,17H,4-6,9,16H2,1-3H3. The summed E-state index contributed by atoms with van der Waals surface area (Å²) < 4.78 is 31.0. The minimum atomic E-state index is -3.69. The molecule has 0 spiro atoms. The fourth-order valence-corrected chi connectivity index (χ4v) is 5.64. The van der Waals surface area contributed by atoms with Gasteiger partial charge in [0.25, 0.3) is 10.0 Å². The number of hydrogen-bond donors (Lipinski definition) is 0. The number of rotatable bonds is 7. The maximum atomic E-state index is 13.6. The van der Waals surface area contributed by atoms with Crippen molar-refractivity contribution in [3.8, 4) is 0 Å². The highest BCUT2D eigenvalue weighted by Gasteiger charge is 2.25. The second-order valence-corrected chi connectivity index (χ2v) is 9.62. The molecule has 0 N–H and O–H groups in total. The zero-order valence-electron chi connectivity index (χ0n) is 17.4. The normalized spacial score (nSPS) is 12.2. The molecular formula is C24H28N2O2S. The number of para-hydroxylation sites is 1. The Bertz CT molecular complexity index is 1260. The van der Waals surface area contributed by atoms with Gasteiger partial charge in [0.05, 0.1) is 21.4 Å². The molecule has 2 heterocycles. The zero-order chi connectivity index (χ0) is 20.6. The van der Waals surface area contributed by atoms with Gasteiger partial charge in [0.1, 0.15) is 0 Å². The van der Waals surface area contributed by atoms with E-state index in [1.54, 1.807) is 12.1 Å². The molecule has 0 fully saturated rings. The summed E-state index contributed by atoms with van der Waals surface area (Å²) in [5.74, 6) is 0. The van der Waals surface area contributed by atoms with E-state index in [0.717, 1.165) is 46.2 Å². The SMILES string of the molecule is CCCCCCn1c(C)cc2c1c1ccccc1n2S(=O)(=O)c1ccc(C)cc1. The van der Waals surface area contributed by atoms with Crippen molar-refractivity contribution in [1.82, 2.24) is 8.54 Å². The third kappa shape index (κ3) is 3.38. The molecule has 0 saturated carbocycles. The summed E-state index contributed by atoms with van der Waals surface area (Å²) in [5, 5.41) is 0.988. The van der Waals surface area contributed by atoms with Crippen LogP contribution >= 0.6 is 0 Å². The highest BCUT2D eigenvalue weighted by atomic mass is 32.2. The van der Waals surface area contributed by atoms with E-state index in [1.807, 2.05) is 49.4 Å². The third-order valence-corrected chi connectivity index (χ3v) is 7.42. The Labute approximate surface area is 172 Å². The largest absolute Gasteiger partial charge is 0.343 e. The van der Waals surface area contributed by atoms with Crippen LogP contribution in [0.4, 0.5) is 0 Å². The minimum Gasteiger partial charge on any atom is -0.343 e. The van der Waals surface area contributed by atoms with E-state index in [0.29, 0.717) is 4.90 Å². The summed E-state index contributed by atoms with van der Waals surface area (Å²) in [6.07, 6.45) is 4.72. The number of nitrogens with zero attached hydrogens (tertiary/aromatic N) is 2. The number of aromatic nitrogens is 2. The van der Waals surface area contributed by atoms with Crippen LogP contribution in [0.2, 0.25) is 0 Å². The van der Waals surface area contributed by atoms with Gasteiger partial charge in [-0.3, -0.25) is 0 Å². The Morgan fingerprint density at radius 3 is 2.31 bits per heavy atom. The molecule has 0 bridgehead atoms. The van der Waals surface area contributed by atoms with Gasteiger partial charge in [0.15, 0.2) is 0 Å². The lowest BCUT2D eigenvalue weighted by molar-refractivity contribution is 0.587. The van der Waals surface area contributed by atoms with Crippen LogP contribution in [0, 0.1) is 13.8 Å². The van der Waals surface area contributed by atoms with E-state index in [-0.39, 0.29) is 0 Å². The van der Waals surface area contributed by atoms with Crippen molar-refractivity contribution < 1.29 is 8.42 Å². The first-order valence-electron chi connectivity index (χ1n) is 10.4. The van der Waals surface area contributed by atoms with Gasteiger partial charge in [-0.25, -0.2) is 12.4 Å². The molecule has 2 aromatic heterocycles. The van der Waals surface area contributed by atoms with Crippen molar-refractivity contribution in [3.05, 3.63) is 65.9 Å². The van der Waals surface area contributed by atoms with E-state index >= 15 is 0 Å². The van der Waals surface area contributed by atoms with Gasteiger partial charge in [-0.2, -0.15) is 0 Å². The summed E-state index contributed by atoms with van der Waals surface area (Å²) in [4.78, 5) is 0.319. The van der Waals surface area contributed by atoms with Gasteiger partial charge in [-0.15, -0.1) is 0 Å². The second kappa shape index (κ2) is 7.71. The van der Waals surface area contributed by atoms with Gasteiger partial charge in [0, 0.05) is 17.6 Å². The summed E-state index contributed by atoms with van der Waals surface area (Å²) >= 11 is 0. The van der Waals surface area contributed by atoms with Crippen LogP contribution in [0.15, 0.2) is 59.5 Å².